The van der Waals surface area contributed by atoms with E-state index in [4.69, 9.17) is 4.74 Å². The van der Waals surface area contributed by atoms with Gasteiger partial charge in [0.05, 0.1) is 5.60 Å². The van der Waals surface area contributed by atoms with Crippen molar-refractivity contribution in [2.24, 2.45) is 0 Å². The Kier molecular flexibility index (Phi) is 2.02. The van der Waals surface area contributed by atoms with Crippen molar-refractivity contribution in [3.63, 3.8) is 0 Å². The molecule has 0 aliphatic carbocycles. The maximum atomic E-state index is 5.70. The minimum Gasteiger partial charge on any atom is -0.356 e. The highest BCUT2D eigenvalue weighted by atomic mass is 16.5. The number of ether oxygens (including phenoxy) is 1. The average molecular weight is 143 g/mol. The molecule has 2 nitrogen and oxygen atoms in total. The second-order valence-electron chi connectivity index (χ2n) is 3.61. The molecule has 1 aliphatic rings. The fourth-order valence-electron chi connectivity index (χ4n) is 0.767. The van der Waals surface area contributed by atoms with E-state index >= 15 is 0 Å². The standard InChI is InChI=1S/C8H17NO/c1-5-8(3,4)10-7-6(2)9-7/h6-7,9H,5H2,1-4H3. The molecular weight excluding hydrogens is 126 g/mol. The molecule has 0 aromatic carbocycles. The van der Waals surface area contributed by atoms with Crippen LogP contribution in [-0.2, 0) is 4.74 Å². The molecule has 0 aromatic rings. The average Bonchev–Trinajstić information content (AvgIpc) is 2.46. The van der Waals surface area contributed by atoms with Crippen LogP contribution in [0.4, 0.5) is 0 Å². The lowest BCUT2D eigenvalue weighted by Crippen LogP contribution is -2.25. The molecule has 10 heavy (non-hydrogen) atoms. The minimum atomic E-state index is 0.0441. The molecule has 60 valence electrons. The van der Waals surface area contributed by atoms with E-state index in [9.17, 15) is 0 Å². The summed E-state index contributed by atoms with van der Waals surface area (Å²) in [5.41, 5.74) is 0.0441. The minimum absolute atomic E-state index is 0.0441. The van der Waals surface area contributed by atoms with Gasteiger partial charge >= 0.3 is 0 Å². The molecule has 2 unspecified atom stereocenters. The number of hydrogen-bond donors (Lipinski definition) is 1. The molecule has 2 heteroatoms. The van der Waals surface area contributed by atoms with Gasteiger partial charge in [0, 0.05) is 6.04 Å². The van der Waals surface area contributed by atoms with Gasteiger partial charge < -0.3 is 4.74 Å². The van der Waals surface area contributed by atoms with Crippen LogP contribution in [0.2, 0.25) is 0 Å². The third-order valence-electron chi connectivity index (χ3n) is 2.07. The molecule has 1 heterocycles. The second-order valence-corrected chi connectivity index (χ2v) is 3.61. The Balaban J connectivity index is 2.24. The number of hydrogen-bond acceptors (Lipinski definition) is 2. The third kappa shape index (κ3) is 1.96. The van der Waals surface area contributed by atoms with Crippen molar-refractivity contribution >= 4 is 0 Å². The largest absolute Gasteiger partial charge is 0.356 e. The van der Waals surface area contributed by atoms with Gasteiger partial charge in [0.25, 0.3) is 0 Å². The fraction of sp³-hybridized carbons (Fsp3) is 1.00. The number of nitrogens with one attached hydrogen (secondary N) is 1. The summed E-state index contributed by atoms with van der Waals surface area (Å²) in [6.45, 7) is 8.53. The van der Waals surface area contributed by atoms with Gasteiger partial charge in [-0.05, 0) is 27.2 Å². The van der Waals surface area contributed by atoms with Crippen LogP contribution in [0, 0.1) is 0 Å². The molecule has 1 saturated heterocycles. The maximum Gasteiger partial charge on any atom is 0.124 e. The SMILES string of the molecule is CCC(C)(C)OC1NC1C. The summed E-state index contributed by atoms with van der Waals surface area (Å²) in [5, 5.41) is 3.20. The van der Waals surface area contributed by atoms with Crippen molar-refractivity contribution in [2.75, 3.05) is 0 Å². The van der Waals surface area contributed by atoms with Crippen molar-refractivity contribution in [1.29, 1.82) is 0 Å². The van der Waals surface area contributed by atoms with Crippen molar-refractivity contribution in [2.45, 2.75) is 52.0 Å². The van der Waals surface area contributed by atoms with Crippen LogP contribution < -0.4 is 5.32 Å². The molecule has 0 bridgehead atoms. The second kappa shape index (κ2) is 2.51. The van der Waals surface area contributed by atoms with Gasteiger partial charge in [-0.25, -0.2) is 0 Å². The van der Waals surface area contributed by atoms with Crippen LogP contribution in [0.3, 0.4) is 0 Å². The molecule has 1 aliphatic heterocycles. The van der Waals surface area contributed by atoms with E-state index < -0.39 is 0 Å². The van der Waals surface area contributed by atoms with E-state index in [2.05, 4.69) is 33.0 Å². The molecule has 1 fully saturated rings. The Morgan fingerprint density at radius 1 is 1.50 bits per heavy atom. The van der Waals surface area contributed by atoms with Crippen molar-refractivity contribution < 1.29 is 4.74 Å². The molecular formula is C8H17NO. The first-order valence-electron chi connectivity index (χ1n) is 3.99. The quantitative estimate of drug-likeness (QED) is 0.607. The van der Waals surface area contributed by atoms with Gasteiger partial charge in [-0.1, -0.05) is 6.92 Å². The van der Waals surface area contributed by atoms with Gasteiger partial charge in [0.15, 0.2) is 0 Å². The smallest absolute Gasteiger partial charge is 0.124 e. The molecule has 0 spiro atoms. The summed E-state index contributed by atoms with van der Waals surface area (Å²) in [4.78, 5) is 0. The van der Waals surface area contributed by atoms with Crippen LogP contribution in [0.25, 0.3) is 0 Å². The van der Waals surface area contributed by atoms with Crippen LogP contribution >= 0.6 is 0 Å². The third-order valence-corrected chi connectivity index (χ3v) is 2.07. The summed E-state index contributed by atoms with van der Waals surface area (Å²) in [5.74, 6) is 0. The van der Waals surface area contributed by atoms with Gasteiger partial charge in [0.2, 0.25) is 0 Å². The topological polar surface area (TPSA) is 31.2 Å². The van der Waals surface area contributed by atoms with Gasteiger partial charge in [0.1, 0.15) is 6.23 Å². The highest BCUT2D eigenvalue weighted by Crippen LogP contribution is 2.22. The maximum absolute atomic E-state index is 5.70. The van der Waals surface area contributed by atoms with Gasteiger partial charge in [-0.15, -0.1) is 0 Å². The fourth-order valence-corrected chi connectivity index (χ4v) is 0.767. The zero-order valence-corrected chi connectivity index (χ0v) is 7.27. The lowest BCUT2D eigenvalue weighted by molar-refractivity contribution is -0.0364. The normalized spacial score (nSPS) is 32.4. The summed E-state index contributed by atoms with van der Waals surface area (Å²) in [6.07, 6.45) is 1.38. The van der Waals surface area contributed by atoms with Crippen LogP contribution in [-0.4, -0.2) is 17.9 Å². The van der Waals surface area contributed by atoms with Gasteiger partial charge in [-0.2, -0.15) is 0 Å². The first-order chi connectivity index (χ1) is 4.55. The van der Waals surface area contributed by atoms with Crippen LogP contribution in [0.15, 0.2) is 0 Å². The highest BCUT2D eigenvalue weighted by molar-refractivity contribution is 4.88. The lowest BCUT2D eigenvalue weighted by atomic mass is 10.1. The molecule has 0 amide bonds. The zero-order chi connectivity index (χ0) is 7.78. The van der Waals surface area contributed by atoms with Crippen LogP contribution in [0.1, 0.15) is 34.1 Å². The molecule has 0 saturated carbocycles. The van der Waals surface area contributed by atoms with E-state index in [0.717, 1.165) is 6.42 Å². The molecule has 2 atom stereocenters. The zero-order valence-electron chi connectivity index (χ0n) is 7.27. The predicted octanol–water partition coefficient (Wildman–Crippen LogP) is 1.51. The van der Waals surface area contributed by atoms with Crippen molar-refractivity contribution in [3.8, 4) is 0 Å². The molecule has 1 rings (SSSR count). The van der Waals surface area contributed by atoms with Gasteiger partial charge in [-0.3, -0.25) is 5.32 Å². The summed E-state index contributed by atoms with van der Waals surface area (Å²) >= 11 is 0. The van der Waals surface area contributed by atoms with E-state index in [1.807, 2.05) is 0 Å². The number of rotatable bonds is 3. The Morgan fingerprint density at radius 2 is 2.00 bits per heavy atom. The molecule has 0 aromatic heterocycles. The van der Waals surface area contributed by atoms with Crippen molar-refractivity contribution in [1.82, 2.24) is 5.32 Å². The summed E-state index contributed by atoms with van der Waals surface area (Å²) < 4.78 is 5.70. The first kappa shape index (κ1) is 8.02. The van der Waals surface area contributed by atoms with E-state index in [1.54, 1.807) is 0 Å². The molecule has 1 N–H and O–H groups in total. The Labute approximate surface area is 63.0 Å². The lowest BCUT2D eigenvalue weighted by Gasteiger charge is -2.22. The monoisotopic (exact) mass is 143 g/mol. The van der Waals surface area contributed by atoms with E-state index in [-0.39, 0.29) is 5.60 Å². The summed E-state index contributed by atoms with van der Waals surface area (Å²) in [7, 11) is 0. The van der Waals surface area contributed by atoms with Crippen LogP contribution in [0.5, 0.6) is 0 Å². The Morgan fingerprint density at radius 3 is 2.30 bits per heavy atom. The highest BCUT2D eigenvalue weighted by Gasteiger charge is 2.36. The van der Waals surface area contributed by atoms with E-state index in [0.29, 0.717) is 12.3 Å². The predicted molar refractivity (Wildman–Crippen MR) is 41.8 cm³/mol. The first-order valence-corrected chi connectivity index (χ1v) is 3.99. The Hall–Kier alpha value is -0.0800. The van der Waals surface area contributed by atoms with E-state index in [1.165, 1.54) is 0 Å². The molecule has 0 radical (unpaired) electrons. The summed E-state index contributed by atoms with van der Waals surface area (Å²) in [6, 6.07) is 0.561. The Bertz CT molecular complexity index is 122. The van der Waals surface area contributed by atoms with Crippen molar-refractivity contribution in [3.05, 3.63) is 0 Å².